The molecule has 0 aliphatic carbocycles. The lowest BCUT2D eigenvalue weighted by molar-refractivity contribution is -0.152. The smallest absolute Gasteiger partial charge is 0.306 e. The van der Waals surface area contributed by atoms with E-state index in [9.17, 15) is 9.59 Å². The van der Waals surface area contributed by atoms with E-state index in [0.717, 1.165) is 12.8 Å². The maximum Gasteiger partial charge on any atom is 0.306 e. The lowest BCUT2D eigenvalue weighted by Gasteiger charge is -2.29. The van der Waals surface area contributed by atoms with Crippen molar-refractivity contribution in [1.29, 1.82) is 0 Å². The van der Waals surface area contributed by atoms with Crippen LogP contribution in [0, 0.1) is 23.7 Å². The van der Waals surface area contributed by atoms with Crippen molar-refractivity contribution in [1.82, 2.24) is 0 Å². The van der Waals surface area contributed by atoms with E-state index < -0.39 is 0 Å². The zero-order valence-corrected chi connectivity index (χ0v) is 15.2. The molecule has 0 aliphatic heterocycles. The monoisotopic (exact) mass is 314 g/mol. The molecule has 22 heavy (non-hydrogen) atoms. The predicted octanol–water partition coefficient (Wildman–Crippen LogP) is 4.22. The standard InChI is InChI=1S/C18H34O4/c1-7-8-11-21-17(19)9-10-18(20)22-12-16(14(4)5)15(6)13(2)3/h13-16H,7-12H2,1-6H3. The van der Waals surface area contributed by atoms with Crippen LogP contribution in [0.5, 0.6) is 0 Å². The fourth-order valence-corrected chi connectivity index (χ4v) is 2.31. The zero-order valence-electron chi connectivity index (χ0n) is 15.2. The third kappa shape index (κ3) is 9.06. The lowest BCUT2D eigenvalue weighted by Crippen LogP contribution is -2.28. The molecule has 2 unspecified atom stereocenters. The van der Waals surface area contributed by atoms with Gasteiger partial charge in [-0.1, -0.05) is 48.0 Å². The maximum absolute atomic E-state index is 11.8. The topological polar surface area (TPSA) is 52.6 Å². The van der Waals surface area contributed by atoms with E-state index in [4.69, 9.17) is 9.47 Å². The van der Waals surface area contributed by atoms with Crippen molar-refractivity contribution >= 4 is 11.9 Å². The third-order valence-corrected chi connectivity index (χ3v) is 4.31. The molecule has 4 nitrogen and oxygen atoms in total. The summed E-state index contributed by atoms with van der Waals surface area (Å²) in [7, 11) is 0. The number of carbonyl (C=O) groups excluding carboxylic acids is 2. The van der Waals surface area contributed by atoms with E-state index in [1.165, 1.54) is 0 Å². The minimum atomic E-state index is -0.318. The van der Waals surface area contributed by atoms with Gasteiger partial charge in [-0.25, -0.2) is 0 Å². The number of ether oxygens (including phenoxy) is 2. The zero-order chi connectivity index (χ0) is 17.1. The summed E-state index contributed by atoms with van der Waals surface area (Å²) in [5.74, 6) is 1.23. The molecule has 0 amide bonds. The molecule has 0 N–H and O–H groups in total. The van der Waals surface area contributed by atoms with Crippen LogP contribution in [0.4, 0.5) is 0 Å². The van der Waals surface area contributed by atoms with Gasteiger partial charge >= 0.3 is 11.9 Å². The Labute approximate surface area is 135 Å². The number of unbranched alkanes of at least 4 members (excludes halogenated alkanes) is 1. The summed E-state index contributed by atoms with van der Waals surface area (Å²) >= 11 is 0. The van der Waals surface area contributed by atoms with Crippen molar-refractivity contribution in [2.24, 2.45) is 23.7 Å². The van der Waals surface area contributed by atoms with Crippen LogP contribution in [0.3, 0.4) is 0 Å². The Hall–Kier alpha value is -1.06. The van der Waals surface area contributed by atoms with Gasteiger partial charge in [-0.3, -0.25) is 9.59 Å². The molecule has 4 heteroatoms. The highest BCUT2D eigenvalue weighted by atomic mass is 16.5. The highest BCUT2D eigenvalue weighted by Crippen LogP contribution is 2.27. The third-order valence-electron chi connectivity index (χ3n) is 4.31. The van der Waals surface area contributed by atoms with Gasteiger partial charge < -0.3 is 9.47 Å². The molecule has 0 bridgehead atoms. The van der Waals surface area contributed by atoms with Gasteiger partial charge in [-0.15, -0.1) is 0 Å². The van der Waals surface area contributed by atoms with E-state index in [1.807, 2.05) is 6.92 Å². The molecule has 0 aromatic carbocycles. The Bertz CT molecular complexity index is 323. The van der Waals surface area contributed by atoms with Crippen LogP contribution in [-0.4, -0.2) is 25.2 Å². The summed E-state index contributed by atoms with van der Waals surface area (Å²) in [5.41, 5.74) is 0. The first-order valence-electron chi connectivity index (χ1n) is 8.60. The Kier molecular flexibility index (Phi) is 10.9. The van der Waals surface area contributed by atoms with E-state index in [0.29, 0.717) is 36.9 Å². The average Bonchev–Trinajstić information content (AvgIpc) is 2.44. The molecule has 0 fully saturated rings. The molecule has 0 saturated heterocycles. The molecule has 0 heterocycles. The first-order chi connectivity index (χ1) is 10.3. The van der Waals surface area contributed by atoms with Gasteiger partial charge in [-0.05, 0) is 30.1 Å². The molecule has 0 aliphatic rings. The van der Waals surface area contributed by atoms with E-state index in [2.05, 4.69) is 34.6 Å². The van der Waals surface area contributed by atoms with E-state index in [-0.39, 0.29) is 24.8 Å². The van der Waals surface area contributed by atoms with Crippen molar-refractivity contribution in [3.63, 3.8) is 0 Å². The van der Waals surface area contributed by atoms with Crippen molar-refractivity contribution in [2.75, 3.05) is 13.2 Å². The van der Waals surface area contributed by atoms with Crippen LogP contribution in [0.1, 0.15) is 67.2 Å². The minimum absolute atomic E-state index is 0.103. The van der Waals surface area contributed by atoms with Gasteiger partial charge in [0.1, 0.15) is 0 Å². The van der Waals surface area contributed by atoms with Crippen LogP contribution in [-0.2, 0) is 19.1 Å². The molecule has 0 spiro atoms. The number of hydrogen-bond acceptors (Lipinski definition) is 4. The van der Waals surface area contributed by atoms with Crippen LogP contribution < -0.4 is 0 Å². The van der Waals surface area contributed by atoms with Gasteiger partial charge in [0.05, 0.1) is 26.1 Å². The van der Waals surface area contributed by atoms with Crippen LogP contribution >= 0.6 is 0 Å². The molecule has 130 valence electrons. The molecule has 0 rings (SSSR count). The second-order valence-corrected chi connectivity index (χ2v) is 6.77. The van der Waals surface area contributed by atoms with E-state index in [1.54, 1.807) is 0 Å². The number of rotatable bonds is 11. The Balaban J connectivity index is 4.07. The van der Waals surface area contributed by atoms with Crippen molar-refractivity contribution in [3.05, 3.63) is 0 Å². The highest BCUT2D eigenvalue weighted by Gasteiger charge is 2.25. The summed E-state index contributed by atoms with van der Waals surface area (Å²) in [4.78, 5) is 23.2. The van der Waals surface area contributed by atoms with Gasteiger partial charge in [0, 0.05) is 0 Å². The van der Waals surface area contributed by atoms with Crippen LogP contribution in [0.15, 0.2) is 0 Å². The fourth-order valence-electron chi connectivity index (χ4n) is 2.31. The van der Waals surface area contributed by atoms with E-state index >= 15 is 0 Å². The lowest BCUT2D eigenvalue weighted by atomic mass is 9.79. The summed E-state index contributed by atoms with van der Waals surface area (Å²) in [6.07, 6.45) is 2.06. The molecule has 0 aromatic heterocycles. The normalized spacial score (nSPS) is 14.0. The van der Waals surface area contributed by atoms with Crippen molar-refractivity contribution in [2.45, 2.75) is 67.2 Å². The second kappa shape index (κ2) is 11.5. The van der Waals surface area contributed by atoms with Crippen LogP contribution in [0.25, 0.3) is 0 Å². The predicted molar refractivity (Wildman–Crippen MR) is 88.4 cm³/mol. The summed E-state index contributed by atoms with van der Waals surface area (Å²) in [6.45, 7) is 13.8. The minimum Gasteiger partial charge on any atom is -0.466 e. The first-order valence-corrected chi connectivity index (χ1v) is 8.60. The summed E-state index contributed by atoms with van der Waals surface area (Å²) < 4.78 is 10.4. The average molecular weight is 314 g/mol. The Morgan fingerprint density at radius 2 is 1.41 bits per heavy atom. The highest BCUT2D eigenvalue weighted by molar-refractivity contribution is 5.77. The quantitative estimate of drug-likeness (QED) is 0.423. The van der Waals surface area contributed by atoms with Gasteiger partial charge in [-0.2, -0.15) is 0 Å². The molecule has 0 aromatic rings. The molecule has 0 saturated carbocycles. The number of carbonyl (C=O) groups is 2. The van der Waals surface area contributed by atoms with Crippen molar-refractivity contribution in [3.8, 4) is 0 Å². The molecular weight excluding hydrogens is 280 g/mol. The molecule has 2 atom stereocenters. The SMILES string of the molecule is CCCCOC(=O)CCC(=O)OCC(C(C)C)C(C)C(C)C. The van der Waals surface area contributed by atoms with Crippen LogP contribution in [0.2, 0.25) is 0 Å². The molecular formula is C18H34O4. The number of esters is 2. The number of hydrogen-bond donors (Lipinski definition) is 0. The van der Waals surface area contributed by atoms with Gasteiger partial charge in [0.15, 0.2) is 0 Å². The molecule has 0 radical (unpaired) electrons. The fraction of sp³-hybridized carbons (Fsp3) is 0.889. The summed E-state index contributed by atoms with van der Waals surface area (Å²) in [5, 5.41) is 0. The Morgan fingerprint density at radius 3 is 1.86 bits per heavy atom. The van der Waals surface area contributed by atoms with Gasteiger partial charge in [0.25, 0.3) is 0 Å². The maximum atomic E-state index is 11.8. The largest absolute Gasteiger partial charge is 0.466 e. The summed E-state index contributed by atoms with van der Waals surface area (Å²) in [6, 6.07) is 0. The second-order valence-electron chi connectivity index (χ2n) is 6.77. The van der Waals surface area contributed by atoms with Gasteiger partial charge in [0.2, 0.25) is 0 Å². The first kappa shape index (κ1) is 20.9. The Morgan fingerprint density at radius 1 is 0.864 bits per heavy atom. The van der Waals surface area contributed by atoms with Crippen molar-refractivity contribution < 1.29 is 19.1 Å².